The van der Waals surface area contributed by atoms with E-state index in [0.29, 0.717) is 26.1 Å². The van der Waals surface area contributed by atoms with Crippen LogP contribution in [0.2, 0.25) is 5.02 Å². The Morgan fingerprint density at radius 3 is 2.77 bits per heavy atom. The molecule has 0 unspecified atom stereocenters. The van der Waals surface area contributed by atoms with E-state index in [1.807, 2.05) is 0 Å². The fraction of sp³-hybridized carbons (Fsp3) is 0.200. The molecule has 2 heterocycles. The summed E-state index contributed by atoms with van der Waals surface area (Å²) < 4.78 is 38.7. The number of hydrogen-bond donors (Lipinski definition) is 2. The number of ether oxygens (including phenoxy) is 2. The Morgan fingerprint density at radius 1 is 1.31 bits per heavy atom. The average Bonchev–Trinajstić information content (AvgIpc) is 3.01. The summed E-state index contributed by atoms with van der Waals surface area (Å²) >= 11 is 9.24. The third-order valence-corrected chi connectivity index (χ3v) is 5.88. The quantitative estimate of drug-likeness (QED) is 0.583. The molecule has 3 rings (SSSR count). The Balaban J connectivity index is 2.02. The summed E-state index contributed by atoms with van der Waals surface area (Å²) in [6, 6.07) is 4.89. The van der Waals surface area contributed by atoms with Gasteiger partial charge in [-0.15, -0.1) is 0 Å². The fourth-order valence-electron chi connectivity index (χ4n) is 2.35. The molecule has 0 bridgehead atoms. The van der Waals surface area contributed by atoms with Crippen molar-refractivity contribution in [3.8, 4) is 5.88 Å². The molecule has 0 aliphatic heterocycles. The van der Waals surface area contributed by atoms with Crippen LogP contribution in [0, 0.1) is 0 Å². The van der Waals surface area contributed by atoms with Crippen molar-refractivity contribution in [1.29, 1.82) is 0 Å². The van der Waals surface area contributed by atoms with Gasteiger partial charge in [0.05, 0.1) is 19.4 Å². The van der Waals surface area contributed by atoms with Crippen molar-refractivity contribution in [1.82, 2.24) is 15.0 Å². The van der Waals surface area contributed by atoms with Gasteiger partial charge in [-0.2, -0.15) is 4.98 Å². The summed E-state index contributed by atoms with van der Waals surface area (Å²) in [5.41, 5.74) is 1.05. The topological polar surface area (TPSA) is 106 Å². The second kappa shape index (κ2) is 7.39. The molecule has 0 saturated heterocycles. The minimum absolute atomic E-state index is 0.0583. The van der Waals surface area contributed by atoms with E-state index < -0.39 is 10.0 Å². The number of benzene rings is 1. The lowest BCUT2D eigenvalue weighted by Crippen LogP contribution is -2.16. The number of aromatic nitrogens is 3. The van der Waals surface area contributed by atoms with Gasteiger partial charge in [-0.05, 0) is 34.1 Å². The molecule has 138 valence electrons. The van der Waals surface area contributed by atoms with Gasteiger partial charge in [-0.1, -0.05) is 11.6 Å². The van der Waals surface area contributed by atoms with Crippen LogP contribution in [-0.2, 0) is 21.4 Å². The Bertz CT molecular complexity index is 1070. The van der Waals surface area contributed by atoms with Crippen molar-refractivity contribution in [3.63, 3.8) is 0 Å². The van der Waals surface area contributed by atoms with E-state index in [4.69, 9.17) is 21.1 Å². The molecule has 0 aliphatic carbocycles. The molecule has 0 fully saturated rings. The predicted octanol–water partition coefficient (Wildman–Crippen LogP) is 3.33. The molecule has 0 saturated carbocycles. The summed E-state index contributed by atoms with van der Waals surface area (Å²) in [4.78, 5) is 11.2. The molecule has 0 radical (unpaired) electrons. The van der Waals surface area contributed by atoms with Crippen LogP contribution in [0.15, 0.2) is 33.8 Å². The van der Waals surface area contributed by atoms with Crippen molar-refractivity contribution in [2.24, 2.45) is 0 Å². The molecule has 0 amide bonds. The van der Waals surface area contributed by atoms with Gasteiger partial charge in [-0.25, -0.2) is 18.1 Å². The highest BCUT2D eigenvalue weighted by molar-refractivity contribution is 9.10. The highest BCUT2D eigenvalue weighted by Gasteiger charge is 2.22. The number of hydrogen-bond acceptors (Lipinski definition) is 6. The zero-order valence-electron chi connectivity index (χ0n) is 13.7. The van der Waals surface area contributed by atoms with Crippen LogP contribution in [0.25, 0.3) is 10.9 Å². The van der Waals surface area contributed by atoms with E-state index in [0.717, 1.165) is 0 Å². The van der Waals surface area contributed by atoms with Crippen LogP contribution in [-0.4, -0.2) is 37.6 Å². The normalized spacial score (nSPS) is 11.7. The number of nitrogens with zero attached hydrogens (tertiary/aromatic N) is 2. The van der Waals surface area contributed by atoms with Gasteiger partial charge in [0.2, 0.25) is 11.8 Å². The predicted molar refractivity (Wildman–Crippen MR) is 101 cm³/mol. The first-order valence-electron chi connectivity index (χ1n) is 7.24. The molecule has 11 heteroatoms. The summed E-state index contributed by atoms with van der Waals surface area (Å²) in [5, 5.41) is 1.00. The molecular formula is C15H14BrClN4O4S. The van der Waals surface area contributed by atoms with Crippen molar-refractivity contribution < 1.29 is 17.9 Å². The number of fused-ring (bicyclic) bond motifs is 1. The van der Waals surface area contributed by atoms with Crippen LogP contribution < -0.4 is 9.46 Å². The lowest BCUT2D eigenvalue weighted by molar-refractivity contribution is 0.180. The fourth-order valence-corrected chi connectivity index (χ4v) is 4.10. The molecule has 2 aromatic heterocycles. The van der Waals surface area contributed by atoms with E-state index in [2.05, 4.69) is 35.6 Å². The van der Waals surface area contributed by atoms with E-state index in [9.17, 15) is 8.42 Å². The Morgan fingerprint density at radius 2 is 2.08 bits per heavy atom. The third kappa shape index (κ3) is 3.63. The average molecular weight is 462 g/mol. The number of anilines is 1. The van der Waals surface area contributed by atoms with Gasteiger partial charge >= 0.3 is 0 Å². The molecular weight excluding hydrogens is 448 g/mol. The first-order chi connectivity index (χ1) is 12.4. The molecule has 2 N–H and O–H groups in total. The summed E-state index contributed by atoms with van der Waals surface area (Å²) in [5.74, 6) is 0.0656. The molecule has 1 aromatic carbocycles. The number of H-pyrrole nitrogens is 1. The van der Waals surface area contributed by atoms with Crippen LogP contribution in [0.5, 0.6) is 5.88 Å². The number of rotatable bonds is 6. The standard InChI is InChI=1S/C15H14BrClN4O4S/c1-24-7-11-13(16)14(25-2)20-15(19-11)21-26(22,23)12-6-18-10-5-8(17)3-4-9(10)12/h3-6,18H,7H2,1-2H3,(H,19,20,21). The van der Waals surface area contributed by atoms with E-state index >= 15 is 0 Å². The molecule has 26 heavy (non-hydrogen) atoms. The maximum Gasteiger partial charge on any atom is 0.266 e. The zero-order valence-corrected chi connectivity index (χ0v) is 16.9. The largest absolute Gasteiger partial charge is 0.480 e. The monoisotopic (exact) mass is 460 g/mol. The SMILES string of the molecule is COCc1nc(NS(=O)(=O)c2c[nH]c3cc(Cl)ccc23)nc(OC)c1Br. The molecule has 8 nitrogen and oxygen atoms in total. The van der Waals surface area contributed by atoms with Crippen molar-refractivity contribution in [2.75, 3.05) is 18.9 Å². The second-order valence-electron chi connectivity index (χ2n) is 5.20. The lowest BCUT2D eigenvalue weighted by atomic mass is 10.2. The molecule has 3 aromatic rings. The Hall–Kier alpha value is -1.88. The molecule has 0 aliphatic rings. The number of methoxy groups -OCH3 is 2. The van der Waals surface area contributed by atoms with Crippen molar-refractivity contribution in [2.45, 2.75) is 11.5 Å². The molecule has 0 spiro atoms. The van der Waals surface area contributed by atoms with E-state index in [1.165, 1.54) is 20.4 Å². The van der Waals surface area contributed by atoms with Gasteiger partial charge in [0.1, 0.15) is 9.37 Å². The van der Waals surface area contributed by atoms with Crippen molar-refractivity contribution in [3.05, 3.63) is 39.6 Å². The Labute approximate surface area is 163 Å². The minimum atomic E-state index is -3.94. The Kier molecular flexibility index (Phi) is 5.37. The summed E-state index contributed by atoms with van der Waals surface area (Å²) in [6.07, 6.45) is 1.38. The first-order valence-corrected chi connectivity index (χ1v) is 9.90. The smallest absolute Gasteiger partial charge is 0.266 e. The van der Waals surface area contributed by atoms with Crippen LogP contribution in [0.1, 0.15) is 5.69 Å². The second-order valence-corrected chi connectivity index (χ2v) is 8.08. The van der Waals surface area contributed by atoms with Gasteiger partial charge in [0.15, 0.2) is 0 Å². The zero-order chi connectivity index (χ0) is 18.9. The number of halogens is 2. The van der Waals surface area contributed by atoms with Crippen molar-refractivity contribution >= 4 is 54.4 Å². The van der Waals surface area contributed by atoms with Gasteiger partial charge in [-0.3, -0.25) is 0 Å². The third-order valence-electron chi connectivity index (χ3n) is 3.48. The maximum absolute atomic E-state index is 12.8. The lowest BCUT2D eigenvalue weighted by Gasteiger charge is -2.11. The van der Waals surface area contributed by atoms with Gasteiger partial charge in [0.25, 0.3) is 10.0 Å². The van der Waals surface area contributed by atoms with E-state index in [-0.39, 0.29) is 23.3 Å². The molecule has 0 atom stereocenters. The number of sulfonamides is 1. The minimum Gasteiger partial charge on any atom is -0.480 e. The maximum atomic E-state index is 12.8. The van der Waals surface area contributed by atoms with Gasteiger partial charge < -0.3 is 14.5 Å². The first kappa shape index (κ1) is 18.9. The highest BCUT2D eigenvalue weighted by atomic mass is 79.9. The van der Waals surface area contributed by atoms with Crippen LogP contribution >= 0.6 is 27.5 Å². The number of nitrogens with one attached hydrogen (secondary N) is 2. The summed E-state index contributed by atoms with van der Waals surface area (Å²) in [7, 11) is -1.02. The van der Waals surface area contributed by atoms with Crippen LogP contribution in [0.4, 0.5) is 5.95 Å². The summed E-state index contributed by atoms with van der Waals surface area (Å²) in [6.45, 7) is 0.153. The number of aromatic amines is 1. The highest BCUT2D eigenvalue weighted by Crippen LogP contribution is 2.30. The van der Waals surface area contributed by atoms with E-state index in [1.54, 1.807) is 18.2 Å². The van der Waals surface area contributed by atoms with Crippen LogP contribution in [0.3, 0.4) is 0 Å². The van der Waals surface area contributed by atoms with Gasteiger partial charge in [0, 0.05) is 29.2 Å².